The van der Waals surface area contributed by atoms with E-state index in [1.807, 2.05) is 0 Å². The summed E-state index contributed by atoms with van der Waals surface area (Å²) in [6.07, 6.45) is 3.43. The molecular weight excluding hydrogens is 382 g/mol. The summed E-state index contributed by atoms with van der Waals surface area (Å²) in [4.78, 5) is 41.9. The van der Waals surface area contributed by atoms with Crippen molar-refractivity contribution in [3.63, 3.8) is 0 Å². The van der Waals surface area contributed by atoms with Crippen LogP contribution in [-0.4, -0.2) is 40.9 Å². The second-order valence-electron chi connectivity index (χ2n) is 4.82. The largest absolute Gasteiger partial charge is 0.508 e. The number of hydrogen-bond acceptors (Lipinski definition) is 6. The molecule has 0 saturated heterocycles. The maximum atomic E-state index is 10.9. The van der Waals surface area contributed by atoms with Crippen LogP contribution in [0, 0.1) is 0 Å². The van der Waals surface area contributed by atoms with Crippen molar-refractivity contribution in [3.05, 3.63) is 23.3 Å². The van der Waals surface area contributed by atoms with E-state index in [1.54, 1.807) is 0 Å². The van der Waals surface area contributed by atoms with Gasteiger partial charge in [-0.05, 0) is 24.5 Å². The molecule has 11 nitrogen and oxygen atoms in total. The smallest absolute Gasteiger partial charge is 0.478 e. The van der Waals surface area contributed by atoms with Crippen molar-refractivity contribution in [1.82, 2.24) is 0 Å². The zero-order chi connectivity index (χ0) is 19.8. The number of aromatic hydroxyl groups is 2. The molecule has 1 rings (SSSR count). The van der Waals surface area contributed by atoms with Crippen LogP contribution in [0.5, 0.6) is 11.5 Å². The maximum Gasteiger partial charge on any atom is 0.478 e. The number of aromatic carboxylic acids is 1. The summed E-state index contributed by atoms with van der Waals surface area (Å²) in [6, 6.07) is 2.45. The minimum Gasteiger partial charge on any atom is -0.508 e. The molecule has 0 bridgehead atoms. The minimum atomic E-state index is -5.05. The van der Waals surface area contributed by atoms with Crippen molar-refractivity contribution >= 4 is 21.6 Å². The Morgan fingerprint density at radius 1 is 1.04 bits per heavy atom. The van der Waals surface area contributed by atoms with Gasteiger partial charge in [-0.2, -0.15) is 4.31 Å². The monoisotopic (exact) mass is 402 g/mol. The summed E-state index contributed by atoms with van der Waals surface area (Å²) in [5, 5.41) is 27.7. The average molecular weight is 402 g/mol. The first-order valence-corrected chi connectivity index (χ1v) is 9.93. The van der Waals surface area contributed by atoms with Gasteiger partial charge in [0.2, 0.25) is 0 Å². The highest BCUT2D eigenvalue weighted by atomic mass is 31.3. The van der Waals surface area contributed by atoms with E-state index in [1.165, 1.54) is 6.07 Å². The molecule has 7 N–H and O–H groups in total. The van der Waals surface area contributed by atoms with Gasteiger partial charge in [0.05, 0.1) is 0 Å². The Morgan fingerprint density at radius 3 is 1.92 bits per heavy atom. The number of phenols is 2. The van der Waals surface area contributed by atoms with Crippen molar-refractivity contribution in [2.75, 3.05) is 0 Å². The maximum absolute atomic E-state index is 10.9. The van der Waals surface area contributed by atoms with E-state index in [0.29, 0.717) is 12.0 Å². The normalized spacial score (nSPS) is 11.6. The summed E-state index contributed by atoms with van der Waals surface area (Å²) in [5.74, 6) is -1.64. The molecule has 25 heavy (non-hydrogen) atoms. The summed E-state index contributed by atoms with van der Waals surface area (Å²) < 4.78 is 22.2. The van der Waals surface area contributed by atoms with Crippen molar-refractivity contribution in [1.29, 1.82) is 0 Å². The predicted molar refractivity (Wildman–Crippen MR) is 85.1 cm³/mol. The van der Waals surface area contributed by atoms with Crippen LogP contribution in [0.1, 0.15) is 42.1 Å². The van der Waals surface area contributed by atoms with Gasteiger partial charge >= 0.3 is 21.6 Å². The lowest BCUT2D eigenvalue weighted by atomic mass is 10.00. The molecule has 0 aliphatic carbocycles. The highest BCUT2D eigenvalue weighted by Crippen LogP contribution is 2.53. The summed E-state index contributed by atoms with van der Waals surface area (Å²) in [7, 11) is -10.1. The fourth-order valence-corrected chi connectivity index (χ4v) is 2.93. The number of carboxylic acid groups (broad SMARTS) is 1. The summed E-state index contributed by atoms with van der Waals surface area (Å²) in [5.41, 5.74) is 0.382. The Balaban J connectivity index is 0.000000547. The molecule has 0 atom stereocenters. The molecule has 13 heteroatoms. The Hall–Kier alpha value is -1.45. The highest BCUT2D eigenvalue weighted by molar-refractivity contribution is 7.60. The molecule has 0 fully saturated rings. The van der Waals surface area contributed by atoms with Gasteiger partial charge in [-0.25, -0.2) is 13.9 Å². The van der Waals surface area contributed by atoms with Crippen molar-refractivity contribution < 1.29 is 53.1 Å². The van der Waals surface area contributed by atoms with E-state index in [2.05, 4.69) is 11.2 Å². The number of carboxylic acids is 1. The third-order valence-electron chi connectivity index (χ3n) is 2.66. The van der Waals surface area contributed by atoms with Crippen LogP contribution in [0.15, 0.2) is 12.1 Å². The number of unbranched alkanes of at least 4 members (excludes halogenated alkanes) is 2. The lowest BCUT2D eigenvalue weighted by Gasteiger charge is -2.08. The molecular formula is C12H20O11P2. The molecule has 0 aromatic heterocycles. The zero-order valence-corrected chi connectivity index (χ0v) is 14.9. The van der Waals surface area contributed by atoms with Gasteiger partial charge in [-0.15, -0.1) is 0 Å². The third-order valence-corrected chi connectivity index (χ3v) is 4.36. The molecule has 0 unspecified atom stereocenters. The Morgan fingerprint density at radius 2 is 1.56 bits per heavy atom. The van der Waals surface area contributed by atoms with Crippen molar-refractivity contribution in [2.45, 2.75) is 32.6 Å². The van der Waals surface area contributed by atoms with Crippen LogP contribution < -0.4 is 0 Å². The van der Waals surface area contributed by atoms with Crippen LogP contribution in [0.25, 0.3) is 0 Å². The van der Waals surface area contributed by atoms with Gasteiger partial charge in [0.25, 0.3) is 0 Å². The molecule has 144 valence electrons. The van der Waals surface area contributed by atoms with E-state index in [0.717, 1.165) is 25.3 Å². The van der Waals surface area contributed by atoms with Gasteiger partial charge in [0, 0.05) is 6.07 Å². The molecule has 0 amide bonds. The molecule has 0 aliphatic heterocycles. The Bertz CT molecular complexity index is 656. The first-order valence-electron chi connectivity index (χ1n) is 6.87. The van der Waals surface area contributed by atoms with Crippen LogP contribution in [0.4, 0.5) is 0 Å². The van der Waals surface area contributed by atoms with Gasteiger partial charge < -0.3 is 34.9 Å². The van der Waals surface area contributed by atoms with E-state index < -0.39 is 21.6 Å². The molecule has 0 saturated carbocycles. The summed E-state index contributed by atoms with van der Waals surface area (Å²) in [6.45, 7) is 2.05. The number of benzene rings is 1. The lowest BCUT2D eigenvalue weighted by Crippen LogP contribution is -2.03. The lowest BCUT2D eigenvalue weighted by molar-refractivity contribution is 0.0692. The van der Waals surface area contributed by atoms with Gasteiger partial charge in [-0.3, -0.25) is 0 Å². The molecule has 0 aliphatic rings. The molecule has 0 heterocycles. The average Bonchev–Trinajstić information content (AvgIpc) is 2.33. The van der Waals surface area contributed by atoms with E-state index in [4.69, 9.17) is 24.7 Å². The topological polar surface area (TPSA) is 202 Å². The fourth-order valence-electron chi connectivity index (χ4n) is 1.82. The fraction of sp³-hybridized carbons (Fsp3) is 0.417. The highest BCUT2D eigenvalue weighted by Gasteiger charge is 2.27. The van der Waals surface area contributed by atoms with E-state index in [-0.39, 0.29) is 17.1 Å². The second kappa shape index (κ2) is 9.88. The zero-order valence-electron chi connectivity index (χ0n) is 13.1. The van der Waals surface area contributed by atoms with Crippen LogP contribution in [0.3, 0.4) is 0 Å². The second-order valence-corrected chi connectivity index (χ2v) is 7.44. The first kappa shape index (κ1) is 23.5. The summed E-state index contributed by atoms with van der Waals surface area (Å²) >= 11 is 0. The number of hydrogen-bond donors (Lipinski definition) is 7. The van der Waals surface area contributed by atoms with Crippen molar-refractivity contribution in [2.24, 2.45) is 0 Å². The number of phenolic OH excluding ortho intramolecular Hbond substituents is 1. The van der Waals surface area contributed by atoms with Gasteiger partial charge in [0.15, 0.2) is 0 Å². The van der Waals surface area contributed by atoms with Gasteiger partial charge in [-0.1, -0.05) is 19.8 Å². The van der Waals surface area contributed by atoms with Crippen molar-refractivity contribution in [3.8, 4) is 11.5 Å². The predicted octanol–water partition coefficient (Wildman–Crippen LogP) is 1.72. The SMILES string of the molecule is CCCCCc1cc(O)cc(O)c1C(=O)O.O=P(O)(O)OP(=O)(O)O. The van der Waals surface area contributed by atoms with E-state index in [9.17, 15) is 24.1 Å². The number of aryl methyl sites for hydroxylation is 1. The molecule has 1 aromatic carbocycles. The van der Waals surface area contributed by atoms with Gasteiger partial charge in [0.1, 0.15) is 17.1 Å². The molecule has 1 aromatic rings. The number of carbonyl (C=O) groups is 1. The Labute approximate surface area is 143 Å². The first-order chi connectivity index (χ1) is 11.3. The third kappa shape index (κ3) is 10.9. The number of phosphoric acid groups is 2. The Kier molecular flexibility index (Phi) is 9.31. The minimum absolute atomic E-state index is 0.103. The molecule has 0 radical (unpaired) electrons. The van der Waals surface area contributed by atoms with Crippen LogP contribution >= 0.6 is 15.6 Å². The van der Waals surface area contributed by atoms with Crippen LogP contribution in [0.2, 0.25) is 0 Å². The molecule has 0 spiro atoms. The standard InChI is InChI=1S/C12H16O4.H4O7P2/c1-2-3-4-5-8-6-9(13)7-10(14)11(8)12(15)16;1-8(2,3)7-9(4,5)6/h6-7,13-14H,2-5H2,1H3,(H,15,16);(H2,1,2,3)(H2,4,5,6). The quantitative estimate of drug-likeness (QED) is 0.258. The number of rotatable bonds is 7. The van der Waals surface area contributed by atoms with Crippen LogP contribution in [-0.2, 0) is 19.9 Å². The van der Waals surface area contributed by atoms with E-state index >= 15 is 0 Å².